The smallest absolute Gasteiger partial charge is 0.0949 e. The SMILES string of the molecule is [N-]=[N+]=NC(CO)c1ccc(-c2ccccc2)s1. The van der Waals surface area contributed by atoms with Crippen LogP contribution in [-0.2, 0) is 0 Å². The van der Waals surface area contributed by atoms with E-state index >= 15 is 0 Å². The molecule has 0 bridgehead atoms. The summed E-state index contributed by atoms with van der Waals surface area (Å²) in [6, 6.07) is 13.4. The van der Waals surface area contributed by atoms with E-state index in [0.29, 0.717) is 0 Å². The summed E-state index contributed by atoms with van der Waals surface area (Å²) < 4.78 is 0. The van der Waals surface area contributed by atoms with Gasteiger partial charge in [-0.15, -0.1) is 11.3 Å². The average molecular weight is 245 g/mol. The molecule has 4 nitrogen and oxygen atoms in total. The molecule has 2 aromatic rings. The molecule has 0 radical (unpaired) electrons. The van der Waals surface area contributed by atoms with Gasteiger partial charge in [0, 0.05) is 14.7 Å². The van der Waals surface area contributed by atoms with Gasteiger partial charge >= 0.3 is 0 Å². The number of rotatable bonds is 4. The van der Waals surface area contributed by atoms with Crippen LogP contribution in [0.3, 0.4) is 0 Å². The lowest BCUT2D eigenvalue weighted by molar-refractivity contribution is 0.269. The van der Waals surface area contributed by atoms with Gasteiger partial charge < -0.3 is 5.11 Å². The first-order valence-electron chi connectivity index (χ1n) is 5.15. The van der Waals surface area contributed by atoms with E-state index in [4.69, 9.17) is 10.6 Å². The molecule has 0 saturated carbocycles. The van der Waals surface area contributed by atoms with Gasteiger partial charge in [-0.1, -0.05) is 35.4 Å². The minimum atomic E-state index is -0.484. The number of benzene rings is 1. The number of aliphatic hydroxyl groups excluding tert-OH is 1. The van der Waals surface area contributed by atoms with Gasteiger partial charge in [0.15, 0.2) is 0 Å². The second kappa shape index (κ2) is 5.50. The third kappa shape index (κ3) is 2.65. The van der Waals surface area contributed by atoms with E-state index in [1.54, 1.807) is 0 Å². The molecule has 0 spiro atoms. The van der Waals surface area contributed by atoms with Crippen LogP contribution in [0.25, 0.3) is 20.9 Å². The summed E-state index contributed by atoms with van der Waals surface area (Å²) in [5, 5.41) is 12.7. The number of azide groups is 1. The Balaban J connectivity index is 2.30. The number of nitrogens with zero attached hydrogens (tertiary/aromatic N) is 3. The third-order valence-electron chi connectivity index (χ3n) is 2.38. The largest absolute Gasteiger partial charge is 0.396 e. The molecule has 17 heavy (non-hydrogen) atoms. The first-order chi connectivity index (χ1) is 8.35. The van der Waals surface area contributed by atoms with Crippen molar-refractivity contribution in [2.45, 2.75) is 6.04 Å². The second-order valence-electron chi connectivity index (χ2n) is 3.47. The molecule has 0 aliphatic heterocycles. The van der Waals surface area contributed by atoms with Crippen LogP contribution < -0.4 is 0 Å². The van der Waals surface area contributed by atoms with Crippen LogP contribution >= 0.6 is 11.3 Å². The van der Waals surface area contributed by atoms with Gasteiger partial charge in [0.2, 0.25) is 0 Å². The minimum absolute atomic E-state index is 0.168. The summed E-state index contributed by atoms with van der Waals surface area (Å²) >= 11 is 1.53. The monoisotopic (exact) mass is 245 g/mol. The molecule has 1 heterocycles. The highest BCUT2D eigenvalue weighted by molar-refractivity contribution is 7.15. The van der Waals surface area contributed by atoms with Gasteiger partial charge in [-0.2, -0.15) is 0 Å². The molecule has 0 fully saturated rings. The summed E-state index contributed by atoms with van der Waals surface area (Å²) in [6.07, 6.45) is 0. The second-order valence-corrected chi connectivity index (χ2v) is 4.59. The molecule has 0 saturated heterocycles. The molecule has 0 amide bonds. The minimum Gasteiger partial charge on any atom is -0.396 e. The summed E-state index contributed by atoms with van der Waals surface area (Å²) in [7, 11) is 0. The molecule has 1 aromatic heterocycles. The lowest BCUT2D eigenvalue weighted by atomic mass is 10.2. The summed E-state index contributed by atoms with van der Waals surface area (Å²) in [5.74, 6) is 0. The third-order valence-corrected chi connectivity index (χ3v) is 3.61. The molecule has 86 valence electrons. The molecule has 0 aliphatic carbocycles. The number of hydrogen-bond acceptors (Lipinski definition) is 3. The quantitative estimate of drug-likeness (QED) is 0.497. The predicted molar refractivity (Wildman–Crippen MR) is 68.7 cm³/mol. The van der Waals surface area contributed by atoms with E-state index in [0.717, 1.165) is 15.3 Å². The van der Waals surface area contributed by atoms with E-state index in [1.807, 2.05) is 42.5 Å². The normalized spacial score (nSPS) is 11.8. The van der Waals surface area contributed by atoms with Gasteiger partial charge in [-0.3, -0.25) is 0 Å². The van der Waals surface area contributed by atoms with Gasteiger partial charge in [-0.05, 0) is 23.2 Å². The van der Waals surface area contributed by atoms with Crippen molar-refractivity contribution in [2.24, 2.45) is 5.11 Å². The Labute approximate surface area is 103 Å². The summed E-state index contributed by atoms with van der Waals surface area (Å²) in [5.41, 5.74) is 9.53. The lowest BCUT2D eigenvalue weighted by Crippen LogP contribution is -1.96. The maximum Gasteiger partial charge on any atom is 0.0949 e. The average Bonchev–Trinajstić information content (AvgIpc) is 2.86. The predicted octanol–water partition coefficient (Wildman–Crippen LogP) is 3.76. The first-order valence-corrected chi connectivity index (χ1v) is 5.97. The van der Waals surface area contributed by atoms with Crippen LogP contribution in [0.5, 0.6) is 0 Å². The van der Waals surface area contributed by atoms with Gasteiger partial charge in [0.1, 0.15) is 0 Å². The van der Waals surface area contributed by atoms with Gasteiger partial charge in [0.05, 0.1) is 12.6 Å². The zero-order chi connectivity index (χ0) is 12.1. The zero-order valence-corrected chi connectivity index (χ0v) is 9.84. The van der Waals surface area contributed by atoms with E-state index in [1.165, 1.54) is 11.3 Å². The highest BCUT2D eigenvalue weighted by Crippen LogP contribution is 2.32. The van der Waals surface area contributed by atoms with Crippen LogP contribution in [0.4, 0.5) is 0 Å². The maximum atomic E-state index is 9.13. The Bertz CT molecular complexity index is 532. The molecule has 2 rings (SSSR count). The van der Waals surface area contributed by atoms with Crippen LogP contribution in [-0.4, -0.2) is 11.7 Å². The fourth-order valence-corrected chi connectivity index (χ4v) is 2.57. The van der Waals surface area contributed by atoms with Crippen molar-refractivity contribution in [1.82, 2.24) is 0 Å². The van der Waals surface area contributed by atoms with Crippen LogP contribution in [0.2, 0.25) is 0 Å². The molecular weight excluding hydrogens is 234 g/mol. The Morgan fingerprint density at radius 3 is 2.65 bits per heavy atom. The molecule has 1 N–H and O–H groups in total. The number of hydrogen-bond donors (Lipinski definition) is 1. The molecule has 1 aromatic carbocycles. The highest BCUT2D eigenvalue weighted by Gasteiger charge is 2.11. The topological polar surface area (TPSA) is 69.0 Å². The Hall–Kier alpha value is -1.81. The fourth-order valence-electron chi connectivity index (χ4n) is 1.54. The maximum absolute atomic E-state index is 9.13. The lowest BCUT2D eigenvalue weighted by Gasteiger charge is -2.02. The molecule has 1 unspecified atom stereocenters. The van der Waals surface area contributed by atoms with Crippen LogP contribution in [0, 0.1) is 0 Å². The van der Waals surface area contributed by atoms with Crippen molar-refractivity contribution in [1.29, 1.82) is 0 Å². The zero-order valence-electron chi connectivity index (χ0n) is 9.02. The first kappa shape index (κ1) is 11.7. The van der Waals surface area contributed by atoms with E-state index in [9.17, 15) is 0 Å². The van der Waals surface area contributed by atoms with Crippen molar-refractivity contribution in [3.05, 3.63) is 57.8 Å². The van der Waals surface area contributed by atoms with Gasteiger partial charge in [0.25, 0.3) is 0 Å². The molecule has 5 heteroatoms. The van der Waals surface area contributed by atoms with Crippen LogP contribution in [0.1, 0.15) is 10.9 Å². The Morgan fingerprint density at radius 2 is 2.00 bits per heavy atom. The van der Waals surface area contributed by atoms with Crippen LogP contribution in [0.15, 0.2) is 47.6 Å². The summed E-state index contributed by atoms with van der Waals surface area (Å²) in [4.78, 5) is 4.72. The van der Waals surface area contributed by atoms with Crippen molar-refractivity contribution in [3.8, 4) is 10.4 Å². The van der Waals surface area contributed by atoms with E-state index in [2.05, 4.69) is 10.0 Å². The number of aliphatic hydroxyl groups is 1. The van der Waals surface area contributed by atoms with Crippen molar-refractivity contribution in [2.75, 3.05) is 6.61 Å². The fraction of sp³-hybridized carbons (Fsp3) is 0.167. The van der Waals surface area contributed by atoms with E-state index < -0.39 is 6.04 Å². The number of thiophene rings is 1. The van der Waals surface area contributed by atoms with Crippen molar-refractivity contribution < 1.29 is 5.11 Å². The standard InChI is InChI=1S/C12H11N3OS/c13-15-14-10(8-16)12-7-6-11(17-12)9-4-2-1-3-5-9/h1-7,10,16H,8H2. The Kier molecular flexibility index (Phi) is 3.77. The Morgan fingerprint density at radius 1 is 1.24 bits per heavy atom. The van der Waals surface area contributed by atoms with E-state index in [-0.39, 0.29) is 6.61 Å². The highest BCUT2D eigenvalue weighted by atomic mass is 32.1. The van der Waals surface area contributed by atoms with Gasteiger partial charge in [-0.25, -0.2) is 0 Å². The van der Waals surface area contributed by atoms with Crippen molar-refractivity contribution >= 4 is 11.3 Å². The molecular formula is C12H11N3OS. The molecule has 0 aliphatic rings. The van der Waals surface area contributed by atoms with Crippen molar-refractivity contribution in [3.63, 3.8) is 0 Å². The summed E-state index contributed by atoms with van der Waals surface area (Å²) in [6.45, 7) is -0.168. The molecule has 1 atom stereocenters.